The maximum Gasteiger partial charge on any atom is 0.162 e. The Morgan fingerprint density at radius 1 is 1.20 bits per heavy atom. The fourth-order valence-electron chi connectivity index (χ4n) is 2.54. The molecule has 0 atom stereocenters. The first-order chi connectivity index (χ1) is 12.1. The van der Waals surface area contributed by atoms with Crippen LogP contribution < -0.4 is 20.5 Å². The summed E-state index contributed by atoms with van der Waals surface area (Å²) in [5.74, 6) is 1.01. The molecule has 0 amide bonds. The molecule has 0 aliphatic carbocycles. The van der Waals surface area contributed by atoms with Crippen LogP contribution in [0.4, 0.5) is 17.1 Å². The first-order valence-electron chi connectivity index (χ1n) is 7.38. The number of methoxy groups -OCH3 is 2. The van der Waals surface area contributed by atoms with E-state index in [1.807, 2.05) is 0 Å². The van der Waals surface area contributed by atoms with Crippen molar-refractivity contribution < 1.29 is 14.6 Å². The molecule has 0 unspecified atom stereocenters. The summed E-state index contributed by atoms with van der Waals surface area (Å²) in [6.07, 6.45) is 1.47. The lowest BCUT2D eigenvalue weighted by Gasteiger charge is -2.15. The van der Waals surface area contributed by atoms with Gasteiger partial charge in [-0.1, -0.05) is 6.07 Å². The lowest BCUT2D eigenvalue weighted by molar-refractivity contribution is 0.356. The number of aromatic hydroxyl groups is 1. The van der Waals surface area contributed by atoms with Gasteiger partial charge in [0.25, 0.3) is 0 Å². The van der Waals surface area contributed by atoms with Crippen molar-refractivity contribution in [2.45, 2.75) is 0 Å². The van der Waals surface area contributed by atoms with Crippen LogP contribution in [-0.4, -0.2) is 24.3 Å². The molecule has 0 saturated heterocycles. The third-order valence-corrected chi connectivity index (χ3v) is 3.84. The fraction of sp³-hybridized carbons (Fsp3) is 0.111. The van der Waals surface area contributed by atoms with E-state index in [4.69, 9.17) is 15.2 Å². The number of aromatic nitrogens is 1. The zero-order valence-electron chi connectivity index (χ0n) is 13.7. The predicted octanol–water partition coefficient (Wildman–Crippen LogP) is 3.16. The minimum absolute atomic E-state index is 0.0406. The number of hydrogen-bond donors (Lipinski definition) is 3. The third kappa shape index (κ3) is 2.81. The van der Waals surface area contributed by atoms with Crippen molar-refractivity contribution in [2.75, 3.05) is 25.3 Å². The molecule has 7 nitrogen and oxygen atoms in total. The van der Waals surface area contributed by atoms with E-state index < -0.39 is 0 Å². The number of benzene rings is 2. The number of phenols is 1. The quantitative estimate of drug-likeness (QED) is 0.495. The number of anilines is 3. The van der Waals surface area contributed by atoms with Gasteiger partial charge in [-0.15, -0.1) is 0 Å². The molecule has 0 fully saturated rings. The molecule has 126 valence electrons. The number of fused-ring (bicyclic) bond motifs is 1. The Labute approximate surface area is 144 Å². The van der Waals surface area contributed by atoms with Gasteiger partial charge in [0.2, 0.25) is 0 Å². The Balaban J connectivity index is 2.24. The highest BCUT2D eigenvalue weighted by Gasteiger charge is 2.15. The van der Waals surface area contributed by atoms with E-state index in [1.54, 1.807) is 31.4 Å². The molecule has 4 N–H and O–H groups in total. The van der Waals surface area contributed by atoms with Gasteiger partial charge in [0.05, 0.1) is 42.4 Å². The van der Waals surface area contributed by atoms with Crippen LogP contribution in [0.5, 0.6) is 17.2 Å². The molecule has 1 heterocycles. The van der Waals surface area contributed by atoms with Crippen LogP contribution in [0.2, 0.25) is 0 Å². The van der Waals surface area contributed by atoms with Gasteiger partial charge < -0.3 is 25.6 Å². The average molecular weight is 336 g/mol. The van der Waals surface area contributed by atoms with E-state index >= 15 is 0 Å². The van der Waals surface area contributed by atoms with Gasteiger partial charge in [0, 0.05) is 17.6 Å². The Bertz CT molecular complexity index is 996. The fourth-order valence-corrected chi connectivity index (χ4v) is 2.54. The lowest BCUT2D eigenvalue weighted by atomic mass is 10.1. The summed E-state index contributed by atoms with van der Waals surface area (Å²) >= 11 is 0. The van der Waals surface area contributed by atoms with Gasteiger partial charge in [-0.2, -0.15) is 5.26 Å². The van der Waals surface area contributed by atoms with Gasteiger partial charge in [0.15, 0.2) is 11.5 Å². The topological polar surface area (TPSA) is 113 Å². The molecule has 1 aromatic heterocycles. The molecule has 0 aliphatic heterocycles. The van der Waals surface area contributed by atoms with E-state index in [2.05, 4.69) is 16.4 Å². The van der Waals surface area contributed by atoms with Crippen LogP contribution in [0.25, 0.3) is 10.9 Å². The highest BCUT2D eigenvalue weighted by atomic mass is 16.5. The number of nitrogens with one attached hydrogen (secondary N) is 1. The van der Waals surface area contributed by atoms with Crippen LogP contribution in [-0.2, 0) is 0 Å². The summed E-state index contributed by atoms with van der Waals surface area (Å²) in [6, 6.07) is 10.4. The minimum atomic E-state index is -0.0406. The van der Waals surface area contributed by atoms with Crippen molar-refractivity contribution in [3.8, 4) is 23.3 Å². The van der Waals surface area contributed by atoms with Crippen molar-refractivity contribution in [3.63, 3.8) is 0 Å². The number of ether oxygens (including phenoxy) is 2. The summed E-state index contributed by atoms with van der Waals surface area (Å²) in [7, 11) is 3.07. The SMILES string of the molecule is COc1cc2ncc(C#N)c(Nc3cccc(O)c3N)c2cc1OC. The molecule has 7 heteroatoms. The number of phenolic OH excluding ortho intramolecular Hbond substituents is 1. The second kappa shape index (κ2) is 6.45. The van der Waals surface area contributed by atoms with E-state index in [0.29, 0.717) is 39.3 Å². The van der Waals surface area contributed by atoms with Gasteiger partial charge in [0.1, 0.15) is 11.8 Å². The first-order valence-corrected chi connectivity index (χ1v) is 7.38. The number of nitrogen functional groups attached to an aromatic ring is 1. The molecule has 25 heavy (non-hydrogen) atoms. The van der Waals surface area contributed by atoms with Crippen molar-refractivity contribution in [3.05, 3.63) is 42.1 Å². The minimum Gasteiger partial charge on any atom is -0.506 e. The molecule has 0 bridgehead atoms. The lowest BCUT2D eigenvalue weighted by Crippen LogP contribution is -2.01. The summed E-state index contributed by atoms with van der Waals surface area (Å²) in [5, 5.41) is 23.0. The third-order valence-electron chi connectivity index (χ3n) is 3.84. The van der Waals surface area contributed by atoms with Crippen molar-refractivity contribution in [1.82, 2.24) is 4.98 Å². The molecular formula is C18H16N4O3. The van der Waals surface area contributed by atoms with E-state index in [0.717, 1.165) is 0 Å². The van der Waals surface area contributed by atoms with Crippen molar-refractivity contribution >= 4 is 28.0 Å². The smallest absolute Gasteiger partial charge is 0.162 e. The largest absolute Gasteiger partial charge is 0.506 e. The Hall–Kier alpha value is -3.66. The number of rotatable bonds is 4. The summed E-state index contributed by atoms with van der Waals surface area (Å²) < 4.78 is 10.6. The van der Waals surface area contributed by atoms with Crippen molar-refractivity contribution in [1.29, 1.82) is 5.26 Å². The molecule has 0 radical (unpaired) electrons. The molecule has 0 saturated carbocycles. The van der Waals surface area contributed by atoms with Crippen LogP contribution in [0.15, 0.2) is 36.5 Å². The second-order valence-corrected chi connectivity index (χ2v) is 5.25. The predicted molar refractivity (Wildman–Crippen MR) is 95.4 cm³/mol. The van der Waals surface area contributed by atoms with E-state index in [-0.39, 0.29) is 11.4 Å². The number of para-hydroxylation sites is 1. The van der Waals surface area contributed by atoms with Crippen LogP contribution in [0, 0.1) is 11.3 Å². The molecule has 3 rings (SSSR count). The zero-order chi connectivity index (χ0) is 18.0. The van der Waals surface area contributed by atoms with E-state index in [9.17, 15) is 10.4 Å². The zero-order valence-corrected chi connectivity index (χ0v) is 13.7. The van der Waals surface area contributed by atoms with Gasteiger partial charge in [-0.3, -0.25) is 4.98 Å². The molecule has 0 aliphatic rings. The standard InChI is InChI=1S/C18H16N4O3/c1-24-15-6-11-13(7-16(15)25-2)21-9-10(8-19)18(11)22-12-4-3-5-14(23)17(12)20/h3-7,9,23H,20H2,1-2H3,(H,21,22). The van der Waals surface area contributed by atoms with Gasteiger partial charge in [-0.05, 0) is 18.2 Å². The second-order valence-electron chi connectivity index (χ2n) is 5.25. The summed E-state index contributed by atoms with van der Waals surface area (Å²) in [6.45, 7) is 0. The number of nitriles is 1. The molecule has 2 aromatic carbocycles. The Morgan fingerprint density at radius 3 is 2.60 bits per heavy atom. The normalized spacial score (nSPS) is 10.3. The van der Waals surface area contributed by atoms with Gasteiger partial charge >= 0.3 is 0 Å². The van der Waals surface area contributed by atoms with Crippen LogP contribution in [0.3, 0.4) is 0 Å². The summed E-state index contributed by atoms with van der Waals surface area (Å²) in [4.78, 5) is 4.30. The summed E-state index contributed by atoms with van der Waals surface area (Å²) in [5.41, 5.74) is 8.07. The number of hydrogen-bond acceptors (Lipinski definition) is 7. The molecular weight excluding hydrogens is 320 g/mol. The van der Waals surface area contributed by atoms with Gasteiger partial charge in [-0.25, -0.2) is 0 Å². The first kappa shape index (κ1) is 16.2. The molecule has 3 aromatic rings. The Morgan fingerprint density at radius 2 is 1.92 bits per heavy atom. The maximum atomic E-state index is 9.79. The van der Waals surface area contributed by atoms with Crippen molar-refractivity contribution in [2.24, 2.45) is 0 Å². The maximum absolute atomic E-state index is 9.79. The average Bonchev–Trinajstić information content (AvgIpc) is 2.64. The highest BCUT2D eigenvalue weighted by Crippen LogP contribution is 2.38. The monoisotopic (exact) mass is 336 g/mol. The van der Waals surface area contributed by atoms with Crippen LogP contribution >= 0.6 is 0 Å². The molecule has 0 spiro atoms. The highest BCUT2D eigenvalue weighted by molar-refractivity contribution is 5.98. The van der Waals surface area contributed by atoms with E-state index in [1.165, 1.54) is 19.4 Å². The number of nitrogens with zero attached hydrogens (tertiary/aromatic N) is 2. The number of nitrogens with two attached hydrogens (primary N) is 1. The number of pyridine rings is 1. The van der Waals surface area contributed by atoms with Crippen LogP contribution in [0.1, 0.15) is 5.56 Å². The Kier molecular flexibility index (Phi) is 4.18.